The van der Waals surface area contributed by atoms with Crippen molar-refractivity contribution in [2.45, 2.75) is 258 Å². The number of carbonyl (C=O) groups is 3. The molecule has 0 aliphatic heterocycles. The van der Waals surface area contributed by atoms with Crippen molar-refractivity contribution in [1.29, 1.82) is 0 Å². The number of allylic oxidation sites excluding steroid dienone is 29. The fraction of sp³-hybridized carbons (Fsp3) is 0.560. The van der Waals surface area contributed by atoms with Crippen LogP contribution in [0.5, 0.6) is 0 Å². The molecular formula is C75H116O6. The zero-order valence-electron chi connectivity index (χ0n) is 51.7. The van der Waals surface area contributed by atoms with Gasteiger partial charge in [0, 0.05) is 12.8 Å². The second-order valence-electron chi connectivity index (χ2n) is 20.6. The molecule has 0 aromatic heterocycles. The van der Waals surface area contributed by atoms with Gasteiger partial charge >= 0.3 is 17.9 Å². The van der Waals surface area contributed by atoms with Gasteiger partial charge in [-0.25, -0.2) is 0 Å². The quantitative estimate of drug-likeness (QED) is 0.0261. The van der Waals surface area contributed by atoms with Crippen molar-refractivity contribution in [3.63, 3.8) is 0 Å². The van der Waals surface area contributed by atoms with Gasteiger partial charge in [0.25, 0.3) is 0 Å². The summed E-state index contributed by atoms with van der Waals surface area (Å²) in [5, 5.41) is 0. The summed E-state index contributed by atoms with van der Waals surface area (Å²) in [6.07, 6.45) is 101. The van der Waals surface area contributed by atoms with Crippen LogP contribution in [-0.4, -0.2) is 37.2 Å². The predicted octanol–water partition coefficient (Wildman–Crippen LogP) is 22.4. The molecule has 0 N–H and O–H groups in total. The van der Waals surface area contributed by atoms with Gasteiger partial charge in [-0.2, -0.15) is 0 Å². The van der Waals surface area contributed by atoms with Gasteiger partial charge in [0.2, 0.25) is 0 Å². The Morgan fingerprint density at radius 2 is 0.519 bits per heavy atom. The van der Waals surface area contributed by atoms with Crippen LogP contribution in [0.1, 0.15) is 252 Å². The summed E-state index contributed by atoms with van der Waals surface area (Å²) in [6, 6.07) is 0. The van der Waals surface area contributed by atoms with Crippen LogP contribution >= 0.6 is 0 Å². The molecule has 6 nitrogen and oxygen atoms in total. The van der Waals surface area contributed by atoms with E-state index in [1.807, 2.05) is 6.08 Å². The second kappa shape index (κ2) is 67.0. The van der Waals surface area contributed by atoms with E-state index in [0.29, 0.717) is 19.3 Å². The van der Waals surface area contributed by atoms with Crippen molar-refractivity contribution in [1.82, 2.24) is 0 Å². The first-order valence-electron chi connectivity index (χ1n) is 32.3. The molecule has 0 aliphatic rings. The molecule has 0 saturated heterocycles. The number of hydrogen-bond donors (Lipinski definition) is 0. The summed E-state index contributed by atoms with van der Waals surface area (Å²) < 4.78 is 16.7. The number of carbonyl (C=O) groups excluding carboxylic acids is 3. The van der Waals surface area contributed by atoms with Crippen molar-refractivity contribution in [2.75, 3.05) is 13.2 Å². The number of hydrogen-bond acceptors (Lipinski definition) is 6. The number of unbranched alkanes of at least 4 members (excludes halogenated alkanes) is 16. The molecule has 1 atom stereocenters. The van der Waals surface area contributed by atoms with Crippen LogP contribution in [0, 0.1) is 0 Å². The Balaban J connectivity index is 4.39. The van der Waals surface area contributed by atoms with Crippen molar-refractivity contribution in [3.05, 3.63) is 182 Å². The molecule has 0 saturated carbocycles. The van der Waals surface area contributed by atoms with Gasteiger partial charge in [-0.3, -0.25) is 14.4 Å². The molecule has 0 rings (SSSR count). The maximum Gasteiger partial charge on any atom is 0.310 e. The van der Waals surface area contributed by atoms with E-state index in [1.165, 1.54) is 64.2 Å². The largest absolute Gasteiger partial charge is 0.462 e. The van der Waals surface area contributed by atoms with Crippen LogP contribution in [0.4, 0.5) is 0 Å². The third-order valence-corrected chi connectivity index (χ3v) is 12.9. The van der Waals surface area contributed by atoms with E-state index in [2.05, 4.69) is 191 Å². The lowest BCUT2D eigenvalue weighted by atomic mass is 10.0. The highest BCUT2D eigenvalue weighted by molar-refractivity contribution is 5.72. The summed E-state index contributed by atoms with van der Waals surface area (Å²) >= 11 is 0. The molecule has 81 heavy (non-hydrogen) atoms. The Morgan fingerprint density at radius 3 is 0.815 bits per heavy atom. The van der Waals surface area contributed by atoms with Crippen LogP contribution < -0.4 is 0 Å². The van der Waals surface area contributed by atoms with Gasteiger partial charge in [0.1, 0.15) is 13.2 Å². The molecule has 452 valence electrons. The molecule has 0 fully saturated rings. The summed E-state index contributed by atoms with van der Waals surface area (Å²) in [5.74, 6) is -1.09. The zero-order valence-corrected chi connectivity index (χ0v) is 51.7. The van der Waals surface area contributed by atoms with Gasteiger partial charge < -0.3 is 14.2 Å². The fourth-order valence-electron chi connectivity index (χ4n) is 8.19. The second-order valence-corrected chi connectivity index (χ2v) is 20.6. The standard InChI is InChI=1S/C75H116O6/c1-4-7-10-13-16-19-22-25-27-28-29-30-31-32-33-34-35-36-37-38-39-40-41-42-43-44-45-46-48-50-53-56-59-62-65-68-74(77)80-71-72(70-79-73(76)67-64-61-58-55-52-49-24-21-18-15-12-9-6-3)81-75(78)69-66-63-60-57-54-51-47-26-23-20-17-14-11-8-5-2/h7-8,10-11,16-17,19-20,25-27,29-30,32-33,35-36,38-39,41-42,44-45,47-48,50,54,57,63,66,72H,4-6,9,12-15,18,21-24,28,31,34,37,40,43,46,49,51-53,55-56,58-62,64-65,67-71H2,1-3H3/b10-7-,11-8-,19-16-,20-17-,27-25-,30-29-,33-32-,36-35-,39-38-,42-41-,45-44-,47-26-,50-48-,57-54-,66-63-. The molecule has 0 aliphatic carbocycles. The van der Waals surface area contributed by atoms with Crippen molar-refractivity contribution in [3.8, 4) is 0 Å². The minimum absolute atomic E-state index is 0.0840. The molecule has 0 radical (unpaired) electrons. The van der Waals surface area contributed by atoms with Crippen molar-refractivity contribution >= 4 is 17.9 Å². The lowest BCUT2D eigenvalue weighted by Crippen LogP contribution is -2.30. The Morgan fingerprint density at radius 1 is 0.272 bits per heavy atom. The number of ether oxygens (including phenoxy) is 3. The highest BCUT2D eigenvalue weighted by Crippen LogP contribution is 2.14. The molecule has 6 heteroatoms. The summed E-state index contributed by atoms with van der Waals surface area (Å²) in [6.45, 7) is 6.29. The molecule has 0 aromatic rings. The van der Waals surface area contributed by atoms with Crippen molar-refractivity contribution in [2.24, 2.45) is 0 Å². The van der Waals surface area contributed by atoms with Gasteiger partial charge in [0.15, 0.2) is 6.10 Å². The number of rotatable bonds is 56. The smallest absolute Gasteiger partial charge is 0.310 e. The zero-order chi connectivity index (χ0) is 58.5. The van der Waals surface area contributed by atoms with Crippen LogP contribution in [0.25, 0.3) is 0 Å². The van der Waals surface area contributed by atoms with E-state index >= 15 is 0 Å². The van der Waals surface area contributed by atoms with E-state index in [1.54, 1.807) is 6.08 Å². The summed E-state index contributed by atoms with van der Waals surface area (Å²) in [7, 11) is 0. The maximum absolute atomic E-state index is 12.8. The average Bonchev–Trinajstić information content (AvgIpc) is 3.46. The SMILES string of the molecule is CC/C=C\C/C=C\C/C=C\C/C=C\C/C=C\C/C=C\C/C=C\C/C=C\C/C=C\C/C=C\CCCCCCC(=O)OCC(COC(=O)CCCCCCCCCCCCCCC)OC(=O)C/C=C\C/C=C\C/C=C\C/C=C\C/C=C\CC. The molecular weight excluding hydrogens is 997 g/mol. The Hall–Kier alpha value is -5.49. The fourth-order valence-corrected chi connectivity index (χ4v) is 8.19. The van der Waals surface area contributed by atoms with Gasteiger partial charge in [-0.1, -0.05) is 293 Å². The Kier molecular flexibility index (Phi) is 62.5. The van der Waals surface area contributed by atoms with Crippen LogP contribution in [-0.2, 0) is 28.6 Å². The van der Waals surface area contributed by atoms with E-state index in [0.717, 1.165) is 141 Å². The predicted molar refractivity (Wildman–Crippen MR) is 352 cm³/mol. The van der Waals surface area contributed by atoms with Crippen LogP contribution in [0.3, 0.4) is 0 Å². The van der Waals surface area contributed by atoms with Crippen LogP contribution in [0.2, 0.25) is 0 Å². The normalized spacial score (nSPS) is 13.4. The van der Waals surface area contributed by atoms with E-state index in [9.17, 15) is 14.4 Å². The summed E-state index contributed by atoms with van der Waals surface area (Å²) in [4.78, 5) is 38.2. The number of esters is 3. The summed E-state index contributed by atoms with van der Waals surface area (Å²) in [5.41, 5.74) is 0. The van der Waals surface area contributed by atoms with E-state index in [-0.39, 0.29) is 31.6 Å². The highest BCUT2D eigenvalue weighted by atomic mass is 16.6. The molecule has 0 heterocycles. The lowest BCUT2D eigenvalue weighted by molar-refractivity contribution is -0.166. The lowest BCUT2D eigenvalue weighted by Gasteiger charge is -2.18. The van der Waals surface area contributed by atoms with E-state index < -0.39 is 12.1 Å². The minimum Gasteiger partial charge on any atom is -0.462 e. The molecule has 0 spiro atoms. The third kappa shape index (κ3) is 65.2. The highest BCUT2D eigenvalue weighted by Gasteiger charge is 2.19. The van der Waals surface area contributed by atoms with E-state index in [4.69, 9.17) is 14.2 Å². The van der Waals surface area contributed by atoms with Crippen LogP contribution in [0.15, 0.2) is 182 Å². The Bertz CT molecular complexity index is 1900. The maximum atomic E-state index is 12.8. The van der Waals surface area contributed by atoms with Gasteiger partial charge in [-0.05, 0) is 122 Å². The molecule has 0 aromatic carbocycles. The average molecular weight is 1110 g/mol. The topological polar surface area (TPSA) is 78.9 Å². The molecule has 0 amide bonds. The minimum atomic E-state index is -0.851. The third-order valence-electron chi connectivity index (χ3n) is 12.9. The monoisotopic (exact) mass is 1110 g/mol. The Labute approximate surface area is 497 Å². The first-order chi connectivity index (χ1) is 40.0. The van der Waals surface area contributed by atoms with Crippen molar-refractivity contribution < 1.29 is 28.6 Å². The first-order valence-corrected chi connectivity index (χ1v) is 32.3. The first kappa shape index (κ1) is 75.5. The van der Waals surface area contributed by atoms with Gasteiger partial charge in [0.05, 0.1) is 6.42 Å². The van der Waals surface area contributed by atoms with Gasteiger partial charge in [-0.15, -0.1) is 0 Å². The molecule has 0 bridgehead atoms. The molecule has 1 unspecified atom stereocenters.